The molecule has 1 aliphatic rings. The third-order valence-electron chi connectivity index (χ3n) is 5.58. The Labute approximate surface area is 184 Å². The first-order valence-corrected chi connectivity index (χ1v) is 11.8. The molecule has 1 amide bonds. The first kappa shape index (κ1) is 23.1. The summed E-state index contributed by atoms with van der Waals surface area (Å²) in [7, 11) is 1.21. The highest BCUT2D eigenvalue weighted by Gasteiger charge is 2.28. The van der Waals surface area contributed by atoms with E-state index in [1.165, 1.54) is 10.4 Å². The van der Waals surface area contributed by atoms with Crippen molar-refractivity contribution in [2.24, 2.45) is 0 Å². The normalized spacial score (nSPS) is 14.8. The molecule has 0 atom stereocenters. The van der Waals surface area contributed by atoms with Crippen molar-refractivity contribution in [3.8, 4) is 11.5 Å². The Morgan fingerprint density at radius 3 is 2.32 bits per heavy atom. The molecule has 0 saturated carbocycles. The van der Waals surface area contributed by atoms with Gasteiger partial charge in [0.1, 0.15) is 0 Å². The average molecular weight is 447 g/mol. The van der Waals surface area contributed by atoms with E-state index in [0.29, 0.717) is 42.3 Å². The number of sulfonamides is 1. The second-order valence-electron chi connectivity index (χ2n) is 7.80. The third kappa shape index (κ3) is 5.02. The van der Waals surface area contributed by atoms with E-state index in [1.807, 2.05) is 12.1 Å². The first-order chi connectivity index (χ1) is 14.8. The fraction of sp³-hybridized carbons (Fsp3) is 0.435. The molecule has 0 aliphatic carbocycles. The molecule has 2 aromatic rings. The number of benzene rings is 2. The van der Waals surface area contributed by atoms with E-state index in [9.17, 15) is 13.2 Å². The van der Waals surface area contributed by atoms with E-state index < -0.39 is 10.0 Å². The highest BCUT2D eigenvalue weighted by atomic mass is 32.2. The predicted octanol–water partition coefficient (Wildman–Crippen LogP) is 3.46. The van der Waals surface area contributed by atoms with Gasteiger partial charge >= 0.3 is 0 Å². The van der Waals surface area contributed by atoms with E-state index in [2.05, 4.69) is 0 Å². The van der Waals surface area contributed by atoms with Gasteiger partial charge in [-0.05, 0) is 55.2 Å². The summed E-state index contributed by atoms with van der Waals surface area (Å²) < 4.78 is 38.4. The van der Waals surface area contributed by atoms with Crippen molar-refractivity contribution in [1.29, 1.82) is 0 Å². The van der Waals surface area contributed by atoms with Gasteiger partial charge in [-0.15, -0.1) is 0 Å². The molecule has 168 valence electrons. The smallest absolute Gasteiger partial charge is 0.253 e. The van der Waals surface area contributed by atoms with Gasteiger partial charge in [-0.2, -0.15) is 4.31 Å². The summed E-state index contributed by atoms with van der Waals surface area (Å²) in [5.41, 5.74) is 1.87. The zero-order valence-electron chi connectivity index (χ0n) is 18.6. The van der Waals surface area contributed by atoms with Crippen molar-refractivity contribution in [2.45, 2.75) is 37.6 Å². The molecule has 0 radical (unpaired) electrons. The first-order valence-electron chi connectivity index (χ1n) is 10.3. The molecule has 1 heterocycles. The molecule has 8 heteroatoms. The molecule has 1 aliphatic heterocycles. The Bertz CT molecular complexity index is 1050. The highest BCUT2D eigenvalue weighted by molar-refractivity contribution is 7.89. The number of carbonyl (C=O) groups excluding carboxylic acids is 1. The molecule has 0 bridgehead atoms. The summed E-state index contributed by atoms with van der Waals surface area (Å²) in [5, 5.41) is 0. The second-order valence-corrected chi connectivity index (χ2v) is 9.70. The van der Waals surface area contributed by atoms with Crippen LogP contribution in [0.1, 0.15) is 40.7 Å². The molecule has 31 heavy (non-hydrogen) atoms. The summed E-state index contributed by atoms with van der Waals surface area (Å²) >= 11 is 0. The zero-order chi connectivity index (χ0) is 22.6. The minimum absolute atomic E-state index is 0.208. The van der Waals surface area contributed by atoms with Crippen LogP contribution in [0.4, 0.5) is 0 Å². The topological polar surface area (TPSA) is 76.2 Å². The van der Waals surface area contributed by atoms with Gasteiger partial charge in [-0.3, -0.25) is 4.79 Å². The maximum absolute atomic E-state index is 13.1. The van der Waals surface area contributed by atoms with Gasteiger partial charge in [0.25, 0.3) is 5.91 Å². The van der Waals surface area contributed by atoms with Crippen LogP contribution in [-0.4, -0.2) is 57.9 Å². The molecule has 2 aromatic carbocycles. The molecule has 0 spiro atoms. The number of aryl methyl sites for hydroxylation is 1. The minimum Gasteiger partial charge on any atom is -0.493 e. The standard InChI is InChI=1S/C23H30N2O5S/c1-17-8-10-19(15-22(17)31(27,28)25-12-6-5-7-13-25)23(26)24(2)16-18-9-11-20(29-3)21(14-18)30-4/h8-11,14-15H,5-7,12-13,16H2,1-4H3. The lowest BCUT2D eigenvalue weighted by Gasteiger charge is -2.27. The number of carbonyl (C=O) groups is 1. The van der Waals surface area contributed by atoms with Crippen LogP contribution in [0.3, 0.4) is 0 Å². The van der Waals surface area contributed by atoms with E-state index in [4.69, 9.17) is 9.47 Å². The zero-order valence-corrected chi connectivity index (χ0v) is 19.4. The van der Waals surface area contributed by atoms with Crippen LogP contribution in [0.2, 0.25) is 0 Å². The van der Waals surface area contributed by atoms with Gasteiger partial charge in [0, 0.05) is 32.2 Å². The molecule has 1 fully saturated rings. The van der Waals surface area contributed by atoms with E-state index in [1.54, 1.807) is 51.3 Å². The predicted molar refractivity (Wildman–Crippen MR) is 119 cm³/mol. The van der Waals surface area contributed by atoms with Crippen LogP contribution in [0.25, 0.3) is 0 Å². The Kier molecular flexibility index (Phi) is 7.23. The quantitative estimate of drug-likeness (QED) is 0.651. The molecule has 3 rings (SSSR count). The van der Waals surface area contributed by atoms with Crippen LogP contribution in [0.15, 0.2) is 41.3 Å². The third-order valence-corrected chi connectivity index (χ3v) is 7.62. The maximum atomic E-state index is 13.1. The number of hydrogen-bond donors (Lipinski definition) is 0. The number of amides is 1. The Morgan fingerprint density at radius 1 is 1.00 bits per heavy atom. The second kappa shape index (κ2) is 9.70. The number of piperidine rings is 1. The van der Waals surface area contributed by atoms with E-state index >= 15 is 0 Å². The van der Waals surface area contributed by atoms with Gasteiger partial charge in [0.05, 0.1) is 19.1 Å². The molecular weight excluding hydrogens is 416 g/mol. The van der Waals surface area contributed by atoms with E-state index in [0.717, 1.165) is 24.8 Å². The summed E-state index contributed by atoms with van der Waals surface area (Å²) in [5.74, 6) is 0.960. The maximum Gasteiger partial charge on any atom is 0.253 e. The number of rotatable bonds is 7. The van der Waals surface area contributed by atoms with Crippen molar-refractivity contribution in [2.75, 3.05) is 34.4 Å². The summed E-state index contributed by atoms with van der Waals surface area (Å²) in [6.07, 6.45) is 2.78. The lowest BCUT2D eigenvalue weighted by atomic mass is 10.1. The molecule has 0 aromatic heterocycles. The van der Waals surface area contributed by atoms with Crippen molar-refractivity contribution in [3.05, 3.63) is 53.1 Å². The highest BCUT2D eigenvalue weighted by Crippen LogP contribution is 2.28. The van der Waals surface area contributed by atoms with Crippen LogP contribution in [0.5, 0.6) is 11.5 Å². The van der Waals surface area contributed by atoms with Gasteiger partial charge in [-0.25, -0.2) is 8.42 Å². The summed E-state index contributed by atoms with van der Waals surface area (Å²) in [6.45, 7) is 3.16. The molecule has 7 nitrogen and oxygen atoms in total. The van der Waals surface area contributed by atoms with Gasteiger partial charge in [0.2, 0.25) is 10.0 Å². The lowest BCUT2D eigenvalue weighted by molar-refractivity contribution is 0.0784. The van der Waals surface area contributed by atoms with Crippen LogP contribution < -0.4 is 9.47 Å². The average Bonchev–Trinajstić information content (AvgIpc) is 2.79. The minimum atomic E-state index is -3.62. The van der Waals surface area contributed by atoms with Crippen LogP contribution >= 0.6 is 0 Å². The number of hydrogen-bond acceptors (Lipinski definition) is 5. The number of methoxy groups -OCH3 is 2. The van der Waals surface area contributed by atoms with Gasteiger partial charge < -0.3 is 14.4 Å². The fourth-order valence-corrected chi connectivity index (χ4v) is 5.57. The molecule has 0 unspecified atom stereocenters. The van der Waals surface area contributed by atoms with Gasteiger partial charge in [0.15, 0.2) is 11.5 Å². The molecule has 0 N–H and O–H groups in total. The summed E-state index contributed by atoms with van der Waals surface area (Å²) in [6, 6.07) is 10.4. The van der Waals surface area contributed by atoms with Crippen LogP contribution in [-0.2, 0) is 16.6 Å². The number of nitrogens with zero attached hydrogens (tertiary/aromatic N) is 2. The number of ether oxygens (including phenoxy) is 2. The Hall–Kier alpha value is -2.58. The SMILES string of the molecule is COc1ccc(CN(C)C(=O)c2ccc(C)c(S(=O)(=O)N3CCCCC3)c2)cc1OC. The van der Waals surface area contributed by atoms with Crippen molar-refractivity contribution < 1.29 is 22.7 Å². The van der Waals surface area contributed by atoms with Crippen molar-refractivity contribution >= 4 is 15.9 Å². The van der Waals surface area contributed by atoms with Crippen molar-refractivity contribution in [3.63, 3.8) is 0 Å². The van der Waals surface area contributed by atoms with E-state index in [-0.39, 0.29) is 10.8 Å². The summed E-state index contributed by atoms with van der Waals surface area (Å²) in [4.78, 5) is 14.8. The van der Waals surface area contributed by atoms with Crippen molar-refractivity contribution in [1.82, 2.24) is 9.21 Å². The van der Waals surface area contributed by atoms with Crippen LogP contribution in [0, 0.1) is 6.92 Å². The monoisotopic (exact) mass is 446 g/mol. The molecule has 1 saturated heterocycles. The Balaban J connectivity index is 1.82. The lowest BCUT2D eigenvalue weighted by Crippen LogP contribution is -2.36. The Morgan fingerprint density at radius 2 is 1.68 bits per heavy atom. The van der Waals surface area contributed by atoms with Gasteiger partial charge in [-0.1, -0.05) is 18.6 Å². The fourth-order valence-electron chi connectivity index (χ4n) is 3.80. The molecular formula is C23H30N2O5S. The largest absolute Gasteiger partial charge is 0.493 e.